The van der Waals surface area contributed by atoms with Crippen molar-refractivity contribution in [3.8, 4) is 0 Å². The summed E-state index contributed by atoms with van der Waals surface area (Å²) < 4.78 is 17.1. The molecule has 0 aliphatic heterocycles. The Hall–Kier alpha value is 0.412. The van der Waals surface area contributed by atoms with Crippen LogP contribution < -0.4 is 0 Å². The Balaban J connectivity index is 0. The van der Waals surface area contributed by atoms with Gasteiger partial charge in [0.15, 0.2) is 0 Å². The van der Waals surface area contributed by atoms with Gasteiger partial charge in [0.25, 0.3) is 0 Å². The monoisotopic (exact) mass is 247 g/mol. The molecule has 4 heteroatoms. The zero-order chi connectivity index (χ0) is 12.6. The molecule has 0 saturated carbocycles. The lowest BCUT2D eigenvalue weighted by atomic mass is 10.2. The zero-order valence-electron chi connectivity index (χ0n) is 12.7. The third-order valence-corrected chi connectivity index (χ3v) is 3.09. The molecule has 0 N–H and O–H groups in total. The molecule has 16 heavy (non-hydrogen) atoms. The molecule has 0 heterocycles. The third kappa shape index (κ3) is 10.9. The first-order valence-corrected chi connectivity index (χ1v) is 7.68. The van der Waals surface area contributed by atoms with Gasteiger partial charge in [-0.1, -0.05) is 41.5 Å². The fourth-order valence-electron chi connectivity index (χ4n) is 0.957. The molecule has 0 spiro atoms. The van der Waals surface area contributed by atoms with Crippen LogP contribution in [0.5, 0.6) is 0 Å². The number of rotatable bonds is 9. The van der Waals surface area contributed by atoms with Crippen molar-refractivity contribution in [3.05, 3.63) is 0 Å². The molecule has 0 aliphatic rings. The molecule has 0 fully saturated rings. The van der Waals surface area contributed by atoms with Crippen LogP contribution in [0.1, 0.15) is 43.0 Å². The minimum atomic E-state index is -1.90. The molecule has 0 aromatic heterocycles. The van der Waals surface area contributed by atoms with Crippen molar-refractivity contribution in [1.82, 2.24) is 0 Å². The van der Waals surface area contributed by atoms with Gasteiger partial charge < -0.3 is 12.8 Å². The highest BCUT2D eigenvalue weighted by atomic mass is 27.3. The summed E-state index contributed by atoms with van der Waals surface area (Å²) in [6.07, 6.45) is 0. The Morgan fingerprint density at radius 1 is 0.688 bits per heavy atom. The van der Waals surface area contributed by atoms with Crippen LogP contribution in [0.15, 0.2) is 0 Å². The Labute approximate surface area is 107 Å². The zero-order valence-corrected chi connectivity index (χ0v) is 12.8. The van der Waals surface area contributed by atoms with E-state index < -0.39 is 15.1 Å². The summed E-state index contributed by atoms with van der Waals surface area (Å²) in [4.78, 5) is 0. The van der Waals surface area contributed by atoms with Gasteiger partial charge in [-0.3, -0.25) is 0 Å². The summed E-state index contributed by atoms with van der Waals surface area (Å²) in [5.41, 5.74) is 0. The SMILES string of the molecule is CC(C)C[O][Al]([O]CC(C)C)[O]CC(C)C.[H-]. The first-order valence-electron chi connectivity index (χ1n) is 6.26. The standard InChI is InChI=1S/3C4H9O.Al.H/c3*1-4(2)3-5;;/h3*4H,3H2,1-2H3;;/q3*-1;+3;-1. The summed E-state index contributed by atoms with van der Waals surface area (Å²) in [6.45, 7) is 15.0. The quantitative estimate of drug-likeness (QED) is 0.586. The molecule has 0 amide bonds. The first kappa shape index (κ1) is 16.4. The average molecular weight is 247 g/mol. The van der Waals surface area contributed by atoms with Crippen LogP contribution in [0.3, 0.4) is 0 Å². The summed E-state index contributed by atoms with van der Waals surface area (Å²) in [7, 11) is 0. The molecule has 0 aliphatic carbocycles. The van der Waals surface area contributed by atoms with Gasteiger partial charge in [0.05, 0.1) is 0 Å². The van der Waals surface area contributed by atoms with Gasteiger partial charge in [0.2, 0.25) is 0 Å². The normalized spacial score (nSPS) is 11.8. The van der Waals surface area contributed by atoms with Crippen molar-refractivity contribution in [1.29, 1.82) is 0 Å². The Morgan fingerprint density at radius 2 is 0.938 bits per heavy atom. The predicted molar refractivity (Wildman–Crippen MR) is 69.2 cm³/mol. The van der Waals surface area contributed by atoms with E-state index in [4.69, 9.17) is 11.4 Å². The van der Waals surface area contributed by atoms with Crippen LogP contribution in [0.25, 0.3) is 0 Å². The lowest BCUT2D eigenvalue weighted by molar-refractivity contribution is 0.0680. The van der Waals surface area contributed by atoms with Gasteiger partial charge in [-0.25, -0.2) is 0 Å². The predicted octanol–water partition coefficient (Wildman–Crippen LogP) is 3.10. The maximum atomic E-state index is 5.70. The second kappa shape index (κ2) is 9.44. The van der Waals surface area contributed by atoms with Crippen molar-refractivity contribution in [2.24, 2.45) is 17.8 Å². The summed E-state index contributed by atoms with van der Waals surface area (Å²) >= 11 is -1.90. The first-order chi connectivity index (χ1) is 7.41. The maximum Gasteiger partial charge on any atom is 0.905 e. The Morgan fingerprint density at radius 3 is 1.12 bits per heavy atom. The van der Waals surface area contributed by atoms with Crippen LogP contribution in [0.2, 0.25) is 0 Å². The van der Waals surface area contributed by atoms with Crippen molar-refractivity contribution in [2.45, 2.75) is 41.5 Å². The molecule has 3 nitrogen and oxygen atoms in total. The molecule has 0 unspecified atom stereocenters. The van der Waals surface area contributed by atoms with Gasteiger partial charge in [-0.15, -0.1) is 0 Å². The van der Waals surface area contributed by atoms with E-state index in [1.54, 1.807) is 0 Å². The fraction of sp³-hybridized carbons (Fsp3) is 1.00. The largest absolute Gasteiger partial charge is 1.00 e. The summed E-state index contributed by atoms with van der Waals surface area (Å²) in [5, 5.41) is 0. The Bertz CT molecular complexity index is 137. The average Bonchev–Trinajstić information content (AvgIpc) is 2.15. The third-order valence-electron chi connectivity index (χ3n) is 1.70. The van der Waals surface area contributed by atoms with Crippen molar-refractivity contribution in [2.75, 3.05) is 19.8 Å². The smallest absolute Gasteiger partial charge is 0.905 e. The van der Waals surface area contributed by atoms with Gasteiger partial charge in [-0.2, -0.15) is 0 Å². The molecule has 0 bridgehead atoms. The van der Waals surface area contributed by atoms with Crippen LogP contribution in [0, 0.1) is 17.8 Å². The molecule has 0 aromatic rings. The highest BCUT2D eigenvalue weighted by Crippen LogP contribution is 2.03. The molecule has 0 rings (SSSR count). The highest BCUT2D eigenvalue weighted by molar-refractivity contribution is 6.36. The molecular formula is C12H28AlO3-. The van der Waals surface area contributed by atoms with E-state index in [-0.39, 0.29) is 1.43 Å². The van der Waals surface area contributed by atoms with E-state index in [2.05, 4.69) is 41.5 Å². The van der Waals surface area contributed by atoms with Crippen LogP contribution in [0.4, 0.5) is 0 Å². The van der Waals surface area contributed by atoms with E-state index in [1.807, 2.05) is 0 Å². The van der Waals surface area contributed by atoms with E-state index in [1.165, 1.54) is 0 Å². The van der Waals surface area contributed by atoms with Crippen molar-refractivity contribution in [3.63, 3.8) is 0 Å². The molecule has 0 radical (unpaired) electrons. The van der Waals surface area contributed by atoms with E-state index in [0.717, 1.165) is 19.8 Å². The van der Waals surface area contributed by atoms with Gasteiger partial charge in [0.1, 0.15) is 0 Å². The minimum absolute atomic E-state index is 0. The second-order valence-corrected chi connectivity index (χ2v) is 7.05. The Kier molecular flexibility index (Phi) is 9.69. The van der Waals surface area contributed by atoms with Crippen LogP contribution in [-0.2, 0) is 11.4 Å². The van der Waals surface area contributed by atoms with Crippen molar-refractivity contribution >= 4 is 15.1 Å². The minimum Gasteiger partial charge on any atom is -1.00 e. The van der Waals surface area contributed by atoms with E-state index in [9.17, 15) is 0 Å². The molecule has 0 aromatic carbocycles. The summed E-state index contributed by atoms with van der Waals surface area (Å²) in [6, 6.07) is 0. The number of hydrogen-bond donors (Lipinski definition) is 0. The second-order valence-electron chi connectivity index (χ2n) is 5.47. The highest BCUT2D eigenvalue weighted by Gasteiger charge is 2.31. The van der Waals surface area contributed by atoms with E-state index in [0.29, 0.717) is 17.8 Å². The molecule has 0 saturated heterocycles. The van der Waals surface area contributed by atoms with Crippen molar-refractivity contribution < 1.29 is 12.8 Å². The lowest BCUT2D eigenvalue weighted by Gasteiger charge is -2.17. The van der Waals surface area contributed by atoms with Gasteiger partial charge >= 0.3 is 15.1 Å². The van der Waals surface area contributed by atoms with Gasteiger partial charge in [-0.05, 0) is 17.8 Å². The maximum absolute atomic E-state index is 5.70. The molecular weight excluding hydrogens is 219 g/mol. The lowest BCUT2D eigenvalue weighted by Crippen LogP contribution is -2.31. The molecule has 98 valence electrons. The van der Waals surface area contributed by atoms with Gasteiger partial charge in [0, 0.05) is 19.8 Å². The fourth-order valence-corrected chi connectivity index (χ4v) is 2.87. The number of hydrogen-bond acceptors (Lipinski definition) is 3. The summed E-state index contributed by atoms with van der Waals surface area (Å²) in [5.74, 6) is 1.58. The van der Waals surface area contributed by atoms with Crippen LogP contribution in [-0.4, -0.2) is 35.0 Å². The van der Waals surface area contributed by atoms with Crippen LogP contribution >= 0.6 is 0 Å². The molecule has 0 atom stereocenters. The topological polar surface area (TPSA) is 27.7 Å². The van der Waals surface area contributed by atoms with E-state index >= 15 is 0 Å².